The van der Waals surface area contributed by atoms with Crippen LogP contribution in [0.25, 0.3) is 0 Å². The van der Waals surface area contributed by atoms with Gasteiger partial charge in [-0.25, -0.2) is 0 Å². The van der Waals surface area contributed by atoms with E-state index in [1.165, 1.54) is 0 Å². The predicted molar refractivity (Wildman–Crippen MR) is 112 cm³/mol. The first kappa shape index (κ1) is 20.8. The Bertz CT molecular complexity index is 981. The molecule has 4 aliphatic rings. The lowest BCUT2D eigenvalue weighted by Gasteiger charge is -2.55. The number of rotatable bonds is 3. The molecule has 4 aliphatic heterocycles. The largest absolute Gasteiger partial charge is 0.416 e. The van der Waals surface area contributed by atoms with Gasteiger partial charge in [0.05, 0.1) is 16.1 Å². The van der Waals surface area contributed by atoms with Crippen LogP contribution in [0.1, 0.15) is 21.5 Å². The van der Waals surface area contributed by atoms with Crippen LogP contribution in [0.5, 0.6) is 0 Å². The third-order valence-electron chi connectivity index (χ3n) is 6.97. The normalized spacial score (nSPS) is 32.0. The van der Waals surface area contributed by atoms with Crippen molar-refractivity contribution in [2.45, 2.75) is 17.6 Å². The van der Waals surface area contributed by atoms with E-state index >= 15 is 0 Å². The molecular weight excluding hydrogens is 427 g/mol. The van der Waals surface area contributed by atoms with Crippen LogP contribution in [-0.2, 0) is 11.6 Å². The fourth-order valence-electron chi connectivity index (χ4n) is 5.66. The van der Waals surface area contributed by atoms with Crippen molar-refractivity contribution in [1.82, 2.24) is 15.1 Å². The Balaban J connectivity index is 1.52. The van der Waals surface area contributed by atoms with Crippen LogP contribution in [0, 0.1) is 5.92 Å². The first-order valence-corrected chi connectivity index (χ1v) is 10.8. The Morgan fingerprint density at radius 3 is 2.29 bits per heavy atom. The lowest BCUT2D eigenvalue weighted by molar-refractivity contribution is -0.137. The summed E-state index contributed by atoms with van der Waals surface area (Å²) in [5, 5.41) is 3.14. The monoisotopic (exact) mass is 449 g/mol. The number of halogens is 4. The highest BCUT2D eigenvalue weighted by atomic mass is 35.5. The van der Waals surface area contributed by atoms with Crippen molar-refractivity contribution >= 4 is 17.5 Å². The van der Waals surface area contributed by atoms with E-state index in [0.717, 1.165) is 63.0 Å². The minimum atomic E-state index is -4.54. The quantitative estimate of drug-likeness (QED) is 0.777. The molecule has 31 heavy (non-hydrogen) atoms. The van der Waals surface area contributed by atoms with E-state index in [2.05, 4.69) is 27.2 Å². The van der Waals surface area contributed by atoms with Gasteiger partial charge in [0.25, 0.3) is 5.91 Å². The van der Waals surface area contributed by atoms with E-state index in [1.807, 2.05) is 18.2 Å². The van der Waals surface area contributed by atoms with Gasteiger partial charge in [-0.15, -0.1) is 0 Å². The maximum absolute atomic E-state index is 13.2. The lowest BCUT2D eigenvalue weighted by atomic mass is 9.64. The smallest absolute Gasteiger partial charge is 0.348 e. The van der Waals surface area contributed by atoms with Crippen molar-refractivity contribution in [2.75, 3.05) is 39.3 Å². The summed E-state index contributed by atoms with van der Waals surface area (Å²) >= 11 is 6.14. The van der Waals surface area contributed by atoms with Crippen molar-refractivity contribution in [3.8, 4) is 0 Å². The van der Waals surface area contributed by atoms with E-state index < -0.39 is 17.6 Å². The van der Waals surface area contributed by atoms with Crippen molar-refractivity contribution in [3.63, 3.8) is 0 Å². The zero-order valence-corrected chi connectivity index (χ0v) is 17.6. The molecule has 4 fully saturated rings. The molecule has 2 aromatic rings. The number of hydrogen-bond acceptors (Lipinski definition) is 3. The second-order valence-electron chi connectivity index (χ2n) is 8.90. The van der Waals surface area contributed by atoms with Crippen LogP contribution in [0.3, 0.4) is 0 Å². The summed E-state index contributed by atoms with van der Waals surface area (Å²) in [5.74, 6) is -0.355. The van der Waals surface area contributed by atoms with Crippen LogP contribution in [0.15, 0.2) is 48.5 Å². The third-order valence-corrected chi connectivity index (χ3v) is 7.30. The molecule has 164 valence electrons. The fraction of sp³-hybridized carbons (Fsp3) is 0.435. The van der Waals surface area contributed by atoms with Crippen molar-refractivity contribution in [2.24, 2.45) is 5.92 Å². The van der Waals surface area contributed by atoms with Gasteiger partial charge in [-0.3, -0.25) is 4.79 Å². The SMILES string of the molecule is O=C(N[C@@H]1C2CN3CCN(C2)CC1(c1ccccc1)C3)c1cc(C(F)(F)F)ccc1Cl. The van der Waals surface area contributed by atoms with Gasteiger partial charge >= 0.3 is 6.18 Å². The molecule has 4 saturated heterocycles. The van der Waals surface area contributed by atoms with E-state index in [4.69, 9.17) is 11.6 Å². The Kier molecular flexibility index (Phi) is 5.03. The topological polar surface area (TPSA) is 35.6 Å². The number of alkyl halides is 3. The fourth-order valence-corrected chi connectivity index (χ4v) is 5.87. The predicted octanol–water partition coefficient (Wildman–Crippen LogP) is 3.66. The molecule has 4 bridgehead atoms. The van der Waals surface area contributed by atoms with E-state index in [1.54, 1.807) is 0 Å². The van der Waals surface area contributed by atoms with Crippen molar-refractivity contribution in [1.29, 1.82) is 0 Å². The maximum atomic E-state index is 13.2. The summed E-state index contributed by atoms with van der Waals surface area (Å²) in [4.78, 5) is 18.1. The highest BCUT2D eigenvalue weighted by Gasteiger charge is 2.55. The van der Waals surface area contributed by atoms with Crippen molar-refractivity contribution < 1.29 is 18.0 Å². The molecule has 2 aromatic carbocycles. The summed E-state index contributed by atoms with van der Waals surface area (Å²) in [7, 11) is 0. The number of benzene rings is 2. The van der Waals surface area contributed by atoms with Gasteiger partial charge in [0.2, 0.25) is 0 Å². The average molecular weight is 450 g/mol. The van der Waals surface area contributed by atoms with E-state index in [-0.39, 0.29) is 28.0 Å². The number of fused-ring (bicyclic) bond motifs is 1. The first-order chi connectivity index (χ1) is 14.8. The molecule has 4 nitrogen and oxygen atoms in total. The van der Waals surface area contributed by atoms with Crippen LogP contribution in [0.4, 0.5) is 13.2 Å². The molecule has 3 atom stereocenters. The summed E-state index contributed by atoms with van der Waals surface area (Å²) < 4.78 is 39.6. The summed E-state index contributed by atoms with van der Waals surface area (Å²) in [6.07, 6.45) is -4.54. The standard InChI is InChI=1S/C23H23ClF3N3O/c24-19-7-6-17(23(25,26)27)10-18(19)21(31)28-20-15-11-29-8-9-30(12-15)14-22(20,13-29)16-4-2-1-3-5-16/h1-7,10,15,20H,8-9,11-14H2,(H,28,31)/t15?,20-,22?/m1/s1. The van der Waals surface area contributed by atoms with Gasteiger partial charge < -0.3 is 15.1 Å². The molecule has 0 aliphatic carbocycles. The molecule has 6 rings (SSSR count). The first-order valence-electron chi connectivity index (χ1n) is 10.4. The van der Waals surface area contributed by atoms with E-state index in [9.17, 15) is 18.0 Å². The highest BCUT2D eigenvalue weighted by Crippen LogP contribution is 2.43. The summed E-state index contributed by atoms with van der Waals surface area (Å²) in [6.45, 7) is 5.34. The highest BCUT2D eigenvalue weighted by molar-refractivity contribution is 6.33. The molecule has 0 aromatic heterocycles. The Labute approximate surface area is 184 Å². The maximum Gasteiger partial charge on any atom is 0.416 e. The minimum absolute atomic E-state index is 0.0211. The van der Waals surface area contributed by atoms with Gasteiger partial charge in [-0.2, -0.15) is 13.2 Å². The molecule has 4 heterocycles. The molecule has 0 saturated carbocycles. The van der Waals surface area contributed by atoms with Crippen LogP contribution in [-0.4, -0.2) is 61.0 Å². The second-order valence-corrected chi connectivity index (χ2v) is 9.30. The number of nitrogens with zero attached hydrogens (tertiary/aromatic N) is 2. The number of amides is 1. The third kappa shape index (κ3) is 3.62. The van der Waals surface area contributed by atoms with Gasteiger partial charge in [0, 0.05) is 56.6 Å². The number of hydrogen-bond donors (Lipinski definition) is 1. The molecule has 1 N–H and O–H groups in total. The molecule has 0 radical (unpaired) electrons. The van der Waals surface area contributed by atoms with Crippen molar-refractivity contribution in [3.05, 3.63) is 70.2 Å². The number of carbonyl (C=O) groups excluding carboxylic acids is 1. The molecule has 8 heteroatoms. The molecular formula is C23H23ClF3N3O. The molecule has 0 spiro atoms. The average Bonchev–Trinajstić information content (AvgIpc) is 2.98. The lowest BCUT2D eigenvalue weighted by Crippen LogP contribution is -2.70. The summed E-state index contributed by atoms with van der Waals surface area (Å²) in [5.41, 5.74) is -0.175. The van der Waals surface area contributed by atoms with Gasteiger partial charge in [0.1, 0.15) is 0 Å². The minimum Gasteiger partial charge on any atom is -0.348 e. The number of nitrogens with one attached hydrogen (secondary N) is 1. The molecule has 2 unspecified atom stereocenters. The van der Waals surface area contributed by atoms with Crippen LogP contribution < -0.4 is 5.32 Å². The zero-order chi connectivity index (χ0) is 21.8. The van der Waals surface area contributed by atoms with Crippen LogP contribution in [0.2, 0.25) is 5.02 Å². The van der Waals surface area contributed by atoms with Gasteiger partial charge in [0.15, 0.2) is 0 Å². The Morgan fingerprint density at radius 2 is 1.68 bits per heavy atom. The number of carbonyl (C=O) groups is 1. The Hall–Kier alpha value is -2.09. The van der Waals surface area contributed by atoms with Gasteiger partial charge in [-0.1, -0.05) is 41.9 Å². The van der Waals surface area contributed by atoms with Gasteiger partial charge in [-0.05, 0) is 23.8 Å². The second kappa shape index (κ2) is 7.50. The zero-order valence-electron chi connectivity index (χ0n) is 16.8. The Morgan fingerprint density at radius 1 is 1.03 bits per heavy atom. The van der Waals surface area contributed by atoms with E-state index in [0.29, 0.717) is 0 Å². The molecule has 1 amide bonds. The van der Waals surface area contributed by atoms with Crippen LogP contribution >= 0.6 is 11.6 Å². The number of piperidine rings is 2. The summed E-state index contributed by atoms with van der Waals surface area (Å²) in [6, 6.07) is 12.9.